The SMILES string of the molecule is CC(NC(=O)c1cc2ccc(-c3ccc(F)cc3)cc2[nH]1)[C@@H](C)CCCNC(=O)OCc1ccccc1. The van der Waals surface area contributed by atoms with Gasteiger partial charge in [-0.3, -0.25) is 4.79 Å². The summed E-state index contributed by atoms with van der Waals surface area (Å²) < 4.78 is 18.5. The zero-order chi connectivity index (χ0) is 26.2. The number of hydrogen-bond acceptors (Lipinski definition) is 3. The fraction of sp³-hybridized carbons (Fsp3) is 0.267. The first-order valence-electron chi connectivity index (χ1n) is 12.5. The van der Waals surface area contributed by atoms with Gasteiger partial charge in [0, 0.05) is 23.5 Å². The number of hydrogen-bond donors (Lipinski definition) is 3. The zero-order valence-electron chi connectivity index (χ0n) is 21.1. The lowest BCUT2D eigenvalue weighted by Gasteiger charge is -2.21. The van der Waals surface area contributed by atoms with Crippen molar-refractivity contribution in [1.82, 2.24) is 15.6 Å². The lowest BCUT2D eigenvalue weighted by molar-refractivity contribution is 0.0923. The predicted molar refractivity (Wildman–Crippen MR) is 144 cm³/mol. The van der Waals surface area contributed by atoms with Gasteiger partial charge in [0.25, 0.3) is 5.91 Å². The van der Waals surface area contributed by atoms with Crippen molar-refractivity contribution in [3.05, 3.63) is 95.9 Å². The van der Waals surface area contributed by atoms with E-state index in [4.69, 9.17) is 4.74 Å². The fourth-order valence-electron chi connectivity index (χ4n) is 4.14. The van der Waals surface area contributed by atoms with E-state index in [0.717, 1.165) is 40.4 Å². The number of rotatable bonds is 10. The maximum absolute atomic E-state index is 13.2. The van der Waals surface area contributed by atoms with Crippen LogP contribution in [0.5, 0.6) is 0 Å². The van der Waals surface area contributed by atoms with E-state index in [9.17, 15) is 14.0 Å². The molecule has 3 N–H and O–H groups in total. The lowest BCUT2D eigenvalue weighted by Crippen LogP contribution is -2.37. The Kier molecular flexibility index (Phi) is 8.56. The molecule has 0 radical (unpaired) electrons. The van der Waals surface area contributed by atoms with E-state index >= 15 is 0 Å². The molecule has 0 aliphatic heterocycles. The second-order valence-corrected chi connectivity index (χ2v) is 9.36. The van der Waals surface area contributed by atoms with Crippen LogP contribution in [0.4, 0.5) is 9.18 Å². The van der Waals surface area contributed by atoms with Gasteiger partial charge in [0.05, 0.1) is 0 Å². The summed E-state index contributed by atoms with van der Waals surface area (Å²) in [6.07, 6.45) is 1.19. The summed E-state index contributed by atoms with van der Waals surface area (Å²) >= 11 is 0. The van der Waals surface area contributed by atoms with E-state index in [-0.39, 0.29) is 30.3 Å². The Balaban J connectivity index is 1.22. The molecule has 1 heterocycles. The number of carbonyl (C=O) groups excluding carboxylic acids is 2. The highest BCUT2D eigenvalue weighted by Crippen LogP contribution is 2.25. The van der Waals surface area contributed by atoms with E-state index in [1.165, 1.54) is 12.1 Å². The standard InChI is InChI=1S/C30H32FN3O3/c1-20(7-6-16-32-30(36)37-19-22-8-4-3-5-9-22)21(2)33-29(35)28-18-25-11-10-24(17-27(25)34-28)23-12-14-26(31)15-13-23/h3-5,8-15,17-18,20-21,34H,6-7,16,19H2,1-2H3,(H,32,36)(H,33,35)/t20-,21?/m0/s1. The number of ether oxygens (including phenoxy) is 1. The minimum Gasteiger partial charge on any atom is -0.445 e. The van der Waals surface area contributed by atoms with Crippen LogP contribution in [0.2, 0.25) is 0 Å². The van der Waals surface area contributed by atoms with Crippen LogP contribution >= 0.6 is 0 Å². The third-order valence-electron chi connectivity index (χ3n) is 6.58. The van der Waals surface area contributed by atoms with Crippen LogP contribution in [0.15, 0.2) is 78.9 Å². The number of halogens is 1. The van der Waals surface area contributed by atoms with Crippen molar-refractivity contribution in [3.63, 3.8) is 0 Å². The Labute approximate surface area is 216 Å². The second kappa shape index (κ2) is 12.2. The first-order chi connectivity index (χ1) is 17.9. The van der Waals surface area contributed by atoms with Crippen LogP contribution in [0, 0.1) is 11.7 Å². The highest BCUT2D eigenvalue weighted by atomic mass is 19.1. The molecule has 4 aromatic rings. The van der Waals surface area contributed by atoms with E-state index in [1.807, 2.05) is 61.5 Å². The van der Waals surface area contributed by atoms with Crippen molar-refractivity contribution >= 4 is 22.9 Å². The van der Waals surface area contributed by atoms with Crippen molar-refractivity contribution in [2.45, 2.75) is 39.3 Å². The van der Waals surface area contributed by atoms with Crippen molar-refractivity contribution in [1.29, 1.82) is 0 Å². The molecule has 3 aromatic carbocycles. The highest BCUT2D eigenvalue weighted by molar-refractivity contribution is 5.99. The van der Waals surface area contributed by atoms with Gasteiger partial charge in [0.1, 0.15) is 18.1 Å². The molecule has 0 aliphatic carbocycles. The molecule has 0 saturated heterocycles. The van der Waals surface area contributed by atoms with Gasteiger partial charge in [-0.1, -0.05) is 61.5 Å². The first-order valence-corrected chi connectivity index (χ1v) is 12.5. The van der Waals surface area contributed by atoms with Gasteiger partial charge in [0.2, 0.25) is 0 Å². The summed E-state index contributed by atoms with van der Waals surface area (Å²) in [4.78, 5) is 28.0. The van der Waals surface area contributed by atoms with Crippen LogP contribution < -0.4 is 10.6 Å². The summed E-state index contributed by atoms with van der Waals surface area (Å²) in [6.45, 7) is 4.82. The lowest BCUT2D eigenvalue weighted by atomic mass is 9.98. The van der Waals surface area contributed by atoms with Crippen molar-refractivity contribution in [2.75, 3.05) is 6.54 Å². The minimum atomic E-state index is -0.431. The molecule has 0 aliphatic rings. The molecule has 6 nitrogen and oxygen atoms in total. The van der Waals surface area contributed by atoms with Crippen molar-refractivity contribution in [2.24, 2.45) is 5.92 Å². The fourth-order valence-corrected chi connectivity index (χ4v) is 4.14. The van der Waals surface area contributed by atoms with E-state index in [2.05, 4.69) is 22.5 Å². The van der Waals surface area contributed by atoms with Crippen LogP contribution in [-0.2, 0) is 11.3 Å². The maximum Gasteiger partial charge on any atom is 0.407 e. The number of alkyl carbamates (subject to hydrolysis) is 1. The molecule has 0 fully saturated rings. The predicted octanol–water partition coefficient (Wildman–Crippen LogP) is 6.44. The molecule has 192 valence electrons. The summed E-state index contributed by atoms with van der Waals surface area (Å²) in [5.41, 5.74) is 4.14. The maximum atomic E-state index is 13.2. The largest absolute Gasteiger partial charge is 0.445 e. The molecule has 1 unspecified atom stereocenters. The quantitative estimate of drug-likeness (QED) is 0.219. The Morgan fingerprint density at radius 3 is 2.43 bits per heavy atom. The monoisotopic (exact) mass is 501 g/mol. The van der Waals surface area contributed by atoms with Gasteiger partial charge in [-0.25, -0.2) is 9.18 Å². The molecule has 2 amide bonds. The Morgan fingerprint density at radius 2 is 1.68 bits per heavy atom. The molecule has 0 spiro atoms. The topological polar surface area (TPSA) is 83.2 Å². The summed E-state index contributed by atoms with van der Waals surface area (Å²) in [7, 11) is 0. The molecule has 37 heavy (non-hydrogen) atoms. The molecule has 1 aromatic heterocycles. The van der Waals surface area contributed by atoms with Crippen molar-refractivity contribution in [3.8, 4) is 11.1 Å². The Hall–Kier alpha value is -4.13. The van der Waals surface area contributed by atoms with E-state index in [1.54, 1.807) is 12.1 Å². The number of nitrogens with one attached hydrogen (secondary N) is 3. The third-order valence-corrected chi connectivity index (χ3v) is 6.58. The molecule has 4 rings (SSSR count). The van der Waals surface area contributed by atoms with E-state index < -0.39 is 6.09 Å². The van der Waals surface area contributed by atoms with Gasteiger partial charge in [-0.2, -0.15) is 0 Å². The smallest absolute Gasteiger partial charge is 0.407 e. The molecule has 7 heteroatoms. The Bertz CT molecular complexity index is 1340. The zero-order valence-corrected chi connectivity index (χ0v) is 21.1. The van der Waals surface area contributed by atoms with Crippen LogP contribution in [-0.4, -0.2) is 29.6 Å². The van der Waals surface area contributed by atoms with Crippen LogP contribution in [0.3, 0.4) is 0 Å². The number of aromatic amines is 1. The number of H-pyrrole nitrogens is 1. The number of carbonyl (C=O) groups is 2. The summed E-state index contributed by atoms with van der Waals surface area (Å²) in [5.74, 6) is -0.216. The molecular weight excluding hydrogens is 469 g/mol. The average molecular weight is 502 g/mol. The van der Waals surface area contributed by atoms with Gasteiger partial charge < -0.3 is 20.4 Å². The van der Waals surface area contributed by atoms with Crippen LogP contribution in [0.25, 0.3) is 22.0 Å². The second-order valence-electron chi connectivity index (χ2n) is 9.36. The number of fused-ring (bicyclic) bond motifs is 1. The number of amides is 2. The normalized spacial score (nSPS) is 12.6. The van der Waals surface area contributed by atoms with Crippen molar-refractivity contribution < 1.29 is 18.7 Å². The molecular formula is C30H32FN3O3. The van der Waals surface area contributed by atoms with Gasteiger partial charge in [-0.05, 0) is 66.6 Å². The number of aromatic nitrogens is 1. The molecule has 2 atom stereocenters. The molecule has 0 bridgehead atoms. The highest BCUT2D eigenvalue weighted by Gasteiger charge is 2.17. The minimum absolute atomic E-state index is 0.0429. The summed E-state index contributed by atoms with van der Waals surface area (Å²) in [6, 6.07) is 23.5. The van der Waals surface area contributed by atoms with Gasteiger partial charge in [-0.15, -0.1) is 0 Å². The first kappa shape index (κ1) is 25.9. The number of benzene rings is 3. The van der Waals surface area contributed by atoms with Crippen LogP contribution in [0.1, 0.15) is 42.7 Å². The molecule has 0 saturated carbocycles. The van der Waals surface area contributed by atoms with Gasteiger partial charge >= 0.3 is 6.09 Å². The third kappa shape index (κ3) is 7.19. The average Bonchev–Trinajstić information content (AvgIpc) is 3.34. The van der Waals surface area contributed by atoms with Gasteiger partial charge in [0.15, 0.2) is 0 Å². The Morgan fingerprint density at radius 1 is 0.946 bits per heavy atom. The van der Waals surface area contributed by atoms with E-state index in [0.29, 0.717) is 12.2 Å². The summed E-state index contributed by atoms with van der Waals surface area (Å²) in [5, 5.41) is 6.78.